The summed E-state index contributed by atoms with van der Waals surface area (Å²) in [6.07, 6.45) is -1.37. The predicted molar refractivity (Wildman–Crippen MR) is 134 cm³/mol. The summed E-state index contributed by atoms with van der Waals surface area (Å²) in [6, 6.07) is 0. The lowest BCUT2D eigenvalue weighted by Gasteiger charge is -2.19. The van der Waals surface area contributed by atoms with E-state index in [1.165, 1.54) is 23.5 Å². The first-order chi connectivity index (χ1) is 19.1. The van der Waals surface area contributed by atoms with Crippen molar-refractivity contribution >= 4 is 44.4 Å². The van der Waals surface area contributed by atoms with E-state index in [1.807, 2.05) is 0 Å². The van der Waals surface area contributed by atoms with Gasteiger partial charge in [0.05, 0.1) is 31.5 Å². The highest BCUT2D eigenvalue weighted by molar-refractivity contribution is 7.84. The van der Waals surface area contributed by atoms with Gasteiger partial charge in [-0.25, -0.2) is 19.9 Å². The molecule has 4 aromatic heterocycles. The molecule has 0 unspecified atom stereocenters. The molecule has 4 aromatic rings. The Morgan fingerprint density at radius 1 is 1.05 bits per heavy atom. The summed E-state index contributed by atoms with van der Waals surface area (Å²) >= 11 is 0. The number of imidazole rings is 2. The molecule has 0 aliphatic carbocycles. The quantitative estimate of drug-likeness (QED) is 0.124. The first kappa shape index (κ1) is 26.4. The third-order valence-corrected chi connectivity index (χ3v) is 7.76. The Morgan fingerprint density at radius 3 is 2.52 bits per heavy atom. The SMILES string of the molecule is Nc1nc2c(ncn2[C@H]2C[C@H](OS(=O)(=O)NC[C@H]3O[C@@H](n4cnc5c(N)ncnc54)C[C@@H]3O)[C@@H](CO)O2)c(=O)[nH]1. The average molecular weight is 580 g/mol. The van der Waals surface area contributed by atoms with Crippen LogP contribution in [0.15, 0.2) is 23.8 Å². The molecule has 20 heteroatoms. The van der Waals surface area contributed by atoms with Gasteiger partial charge in [-0.05, 0) is 0 Å². The van der Waals surface area contributed by atoms with Gasteiger partial charge in [-0.3, -0.25) is 23.1 Å². The van der Waals surface area contributed by atoms with Gasteiger partial charge in [-0.1, -0.05) is 0 Å². The van der Waals surface area contributed by atoms with E-state index < -0.39 is 59.3 Å². The van der Waals surface area contributed by atoms with Crippen LogP contribution in [0.25, 0.3) is 22.3 Å². The topological polar surface area (TPSA) is 274 Å². The molecule has 0 radical (unpaired) electrons. The molecule has 2 aliphatic rings. The first-order valence-electron chi connectivity index (χ1n) is 12.1. The second kappa shape index (κ2) is 9.99. The number of ether oxygens (including phenoxy) is 2. The molecule has 40 heavy (non-hydrogen) atoms. The number of anilines is 2. The van der Waals surface area contributed by atoms with Gasteiger partial charge in [-0.15, -0.1) is 0 Å². The van der Waals surface area contributed by atoms with Gasteiger partial charge in [0, 0.05) is 19.4 Å². The molecule has 2 saturated heterocycles. The Labute approximate surface area is 224 Å². The van der Waals surface area contributed by atoms with E-state index in [2.05, 4.69) is 34.6 Å². The van der Waals surface area contributed by atoms with Crippen molar-refractivity contribution in [3.05, 3.63) is 29.3 Å². The van der Waals surface area contributed by atoms with Crippen LogP contribution in [-0.2, 0) is 24.0 Å². The standard InChI is InChI=1S/C20H25N11O8S/c21-16-14-17(24-5-23-16)30(6-25-14)12-1-8(33)10(37-12)3-27-40(35,36)39-9-2-13(38-11(9)4-32)31-7-26-15-18(31)28-20(22)29-19(15)34/h5-13,27,32-33H,1-4H2,(H2,21,23,24)(H3,22,28,29,34)/t8-,9-,10+,11+,12+,13+/m0/s1. The van der Waals surface area contributed by atoms with Crippen molar-refractivity contribution in [1.82, 2.24) is 43.8 Å². The zero-order chi connectivity index (χ0) is 28.2. The van der Waals surface area contributed by atoms with Crippen molar-refractivity contribution in [3.63, 3.8) is 0 Å². The predicted octanol–water partition coefficient (Wildman–Crippen LogP) is -2.73. The summed E-state index contributed by atoms with van der Waals surface area (Å²) < 4.78 is 47.8. The molecule has 0 aromatic carbocycles. The molecule has 214 valence electrons. The van der Waals surface area contributed by atoms with Crippen molar-refractivity contribution in [2.24, 2.45) is 0 Å². The lowest BCUT2D eigenvalue weighted by Crippen LogP contribution is -2.40. The number of aromatic nitrogens is 8. The molecular formula is C20H25N11O8S. The number of aliphatic hydroxyl groups is 2. The molecule has 19 nitrogen and oxygen atoms in total. The molecule has 2 fully saturated rings. The van der Waals surface area contributed by atoms with Crippen molar-refractivity contribution in [2.75, 3.05) is 24.6 Å². The zero-order valence-electron chi connectivity index (χ0n) is 20.6. The highest BCUT2D eigenvalue weighted by Crippen LogP contribution is 2.34. The van der Waals surface area contributed by atoms with Gasteiger partial charge < -0.3 is 31.2 Å². The van der Waals surface area contributed by atoms with Gasteiger partial charge in [0.25, 0.3) is 5.56 Å². The fourth-order valence-corrected chi connectivity index (χ4v) is 5.79. The smallest absolute Gasteiger partial charge is 0.336 e. The molecule has 0 saturated carbocycles. The van der Waals surface area contributed by atoms with Crippen LogP contribution >= 0.6 is 0 Å². The Kier molecular flexibility index (Phi) is 6.60. The molecule has 8 N–H and O–H groups in total. The van der Waals surface area contributed by atoms with Crippen molar-refractivity contribution < 1.29 is 32.3 Å². The normalized spacial score (nSPS) is 27.2. The summed E-state index contributed by atoms with van der Waals surface area (Å²) in [5.41, 5.74) is 11.8. The highest BCUT2D eigenvalue weighted by Gasteiger charge is 2.41. The van der Waals surface area contributed by atoms with Crippen LogP contribution in [-0.4, -0.2) is 95.2 Å². The van der Waals surface area contributed by atoms with Crippen LogP contribution in [0.5, 0.6) is 0 Å². The van der Waals surface area contributed by atoms with Crippen LogP contribution in [0.3, 0.4) is 0 Å². The number of fused-ring (bicyclic) bond motifs is 2. The van der Waals surface area contributed by atoms with Gasteiger partial charge in [0.2, 0.25) is 5.95 Å². The van der Waals surface area contributed by atoms with E-state index >= 15 is 0 Å². The molecule has 0 amide bonds. The van der Waals surface area contributed by atoms with Crippen LogP contribution in [0, 0.1) is 0 Å². The fraction of sp³-hybridized carbons (Fsp3) is 0.500. The summed E-state index contributed by atoms with van der Waals surface area (Å²) in [5, 5.41) is 20.3. The lowest BCUT2D eigenvalue weighted by molar-refractivity contribution is -0.0389. The third-order valence-electron chi connectivity index (χ3n) is 6.73. The van der Waals surface area contributed by atoms with E-state index in [1.54, 1.807) is 4.57 Å². The summed E-state index contributed by atoms with van der Waals surface area (Å²) in [7, 11) is -4.38. The summed E-state index contributed by atoms with van der Waals surface area (Å²) in [5.74, 6) is 0.0612. The number of hydrogen-bond donors (Lipinski definition) is 6. The Balaban J connectivity index is 1.11. The third kappa shape index (κ3) is 4.74. The Morgan fingerprint density at radius 2 is 1.75 bits per heavy atom. The largest absolute Gasteiger partial charge is 0.394 e. The monoisotopic (exact) mass is 579 g/mol. The van der Waals surface area contributed by atoms with E-state index in [9.17, 15) is 23.4 Å². The van der Waals surface area contributed by atoms with E-state index in [-0.39, 0.29) is 42.3 Å². The van der Waals surface area contributed by atoms with E-state index in [4.69, 9.17) is 25.1 Å². The van der Waals surface area contributed by atoms with Gasteiger partial charge >= 0.3 is 10.3 Å². The average Bonchev–Trinajstić information content (AvgIpc) is 3.67. The maximum atomic E-state index is 12.8. The Hall–Kier alpha value is -3.79. The number of nitrogens with two attached hydrogens (primary N) is 2. The maximum absolute atomic E-state index is 12.8. The van der Waals surface area contributed by atoms with Crippen LogP contribution in [0.1, 0.15) is 25.3 Å². The van der Waals surface area contributed by atoms with Crippen LogP contribution in [0.2, 0.25) is 0 Å². The number of H-pyrrole nitrogens is 1. The van der Waals surface area contributed by atoms with E-state index in [0.717, 1.165) is 0 Å². The second-order valence-electron chi connectivity index (χ2n) is 9.28. The van der Waals surface area contributed by atoms with E-state index in [0.29, 0.717) is 11.2 Å². The Bertz CT molecular complexity index is 1720. The van der Waals surface area contributed by atoms with Crippen molar-refractivity contribution in [2.45, 2.75) is 49.7 Å². The number of nitrogens with zero attached hydrogens (tertiary/aromatic N) is 7. The highest BCUT2D eigenvalue weighted by atomic mass is 32.2. The molecular weight excluding hydrogens is 554 g/mol. The molecule has 2 aliphatic heterocycles. The lowest BCUT2D eigenvalue weighted by atomic mass is 10.2. The summed E-state index contributed by atoms with van der Waals surface area (Å²) in [6.45, 7) is -0.846. The molecule has 6 heterocycles. The van der Waals surface area contributed by atoms with Gasteiger partial charge in [0.15, 0.2) is 22.6 Å². The molecule has 0 bridgehead atoms. The molecule has 6 atom stereocenters. The number of aromatic amines is 1. The molecule has 6 rings (SSSR count). The second-order valence-corrected chi connectivity index (χ2v) is 10.7. The van der Waals surface area contributed by atoms with Crippen LogP contribution < -0.4 is 21.7 Å². The zero-order valence-corrected chi connectivity index (χ0v) is 21.4. The van der Waals surface area contributed by atoms with Crippen molar-refractivity contribution in [1.29, 1.82) is 0 Å². The summed E-state index contributed by atoms with van der Waals surface area (Å²) in [4.78, 5) is 34.7. The minimum atomic E-state index is -4.38. The number of nitrogen functional groups attached to an aromatic ring is 2. The number of hydrogen-bond acceptors (Lipinski definition) is 15. The number of nitrogens with one attached hydrogen (secondary N) is 2. The maximum Gasteiger partial charge on any atom is 0.336 e. The number of aliphatic hydroxyl groups excluding tert-OH is 2. The van der Waals surface area contributed by atoms with Crippen molar-refractivity contribution in [3.8, 4) is 0 Å². The van der Waals surface area contributed by atoms with Crippen LogP contribution in [0.4, 0.5) is 11.8 Å². The molecule has 0 spiro atoms. The minimum Gasteiger partial charge on any atom is -0.394 e. The number of rotatable bonds is 8. The fourth-order valence-electron chi connectivity index (χ4n) is 4.82. The van der Waals surface area contributed by atoms with Gasteiger partial charge in [0.1, 0.15) is 36.5 Å². The minimum absolute atomic E-state index is 0.0186. The van der Waals surface area contributed by atoms with Gasteiger partial charge in [-0.2, -0.15) is 18.1 Å². The first-order valence-corrected chi connectivity index (χ1v) is 13.5.